The number of unbranched alkanes of at least 4 members (excludes halogenated alkanes) is 1. The standard InChI is InChI=1S/C24H35N5O2/c1-30-21-10-11-23(31-2)22(18-21)27-24(25)26-12-6-7-13-28-14-16-29(17-15-28)19-20-8-4-3-5-9-20/h3-5,8-11,18H,6-7,12-17,19H2,1-2H3,(H3,25,26,27). The van der Waals surface area contributed by atoms with E-state index in [0.717, 1.165) is 63.5 Å². The van der Waals surface area contributed by atoms with Crippen molar-refractivity contribution >= 4 is 11.6 Å². The normalized spacial score (nSPS) is 15.6. The molecule has 1 aliphatic rings. The molecule has 0 aliphatic carbocycles. The van der Waals surface area contributed by atoms with Crippen LogP contribution in [0.3, 0.4) is 0 Å². The lowest BCUT2D eigenvalue weighted by Gasteiger charge is -2.34. The van der Waals surface area contributed by atoms with Crippen LogP contribution in [0, 0.1) is 0 Å². The van der Waals surface area contributed by atoms with Gasteiger partial charge < -0.3 is 25.4 Å². The Morgan fingerprint density at radius 3 is 2.42 bits per heavy atom. The summed E-state index contributed by atoms with van der Waals surface area (Å²) in [6, 6.07) is 16.2. The first-order valence-corrected chi connectivity index (χ1v) is 11.0. The summed E-state index contributed by atoms with van der Waals surface area (Å²) in [6.45, 7) is 7.40. The van der Waals surface area contributed by atoms with Crippen LogP contribution >= 0.6 is 0 Å². The van der Waals surface area contributed by atoms with Gasteiger partial charge >= 0.3 is 0 Å². The van der Waals surface area contributed by atoms with Crippen molar-refractivity contribution < 1.29 is 9.47 Å². The Balaban J connectivity index is 1.33. The highest BCUT2D eigenvalue weighted by atomic mass is 16.5. The number of nitrogens with one attached hydrogen (secondary N) is 1. The summed E-state index contributed by atoms with van der Waals surface area (Å²) in [7, 11) is 3.26. The minimum atomic E-state index is 0.390. The van der Waals surface area contributed by atoms with E-state index in [1.165, 1.54) is 5.56 Å². The second-order valence-corrected chi connectivity index (χ2v) is 7.77. The molecule has 0 atom stereocenters. The van der Waals surface area contributed by atoms with E-state index in [2.05, 4.69) is 50.4 Å². The van der Waals surface area contributed by atoms with Crippen LogP contribution in [0.5, 0.6) is 11.5 Å². The minimum Gasteiger partial charge on any atom is -0.497 e. The van der Waals surface area contributed by atoms with Crippen molar-refractivity contribution in [2.75, 3.05) is 58.8 Å². The van der Waals surface area contributed by atoms with Gasteiger partial charge in [0.05, 0.1) is 19.9 Å². The third kappa shape index (κ3) is 7.45. The lowest BCUT2D eigenvalue weighted by Crippen LogP contribution is -2.46. The molecule has 0 aromatic heterocycles. The summed E-state index contributed by atoms with van der Waals surface area (Å²) in [5, 5.41) is 3.11. The molecule has 0 radical (unpaired) electrons. The molecule has 168 valence electrons. The van der Waals surface area contributed by atoms with Crippen LogP contribution in [0.15, 0.2) is 53.5 Å². The van der Waals surface area contributed by atoms with Crippen LogP contribution in [-0.2, 0) is 6.54 Å². The Morgan fingerprint density at radius 1 is 0.968 bits per heavy atom. The summed E-state index contributed by atoms with van der Waals surface area (Å²) < 4.78 is 10.6. The second kappa shape index (κ2) is 12.2. The maximum atomic E-state index is 6.05. The molecule has 0 bridgehead atoms. The van der Waals surface area contributed by atoms with Crippen molar-refractivity contribution in [3.05, 3.63) is 54.1 Å². The number of ether oxygens (including phenoxy) is 2. The maximum Gasteiger partial charge on any atom is 0.193 e. The third-order valence-electron chi connectivity index (χ3n) is 5.55. The van der Waals surface area contributed by atoms with Crippen molar-refractivity contribution in [1.82, 2.24) is 9.80 Å². The number of methoxy groups -OCH3 is 2. The first-order chi connectivity index (χ1) is 15.2. The quantitative estimate of drug-likeness (QED) is 0.346. The Labute approximate surface area is 185 Å². The van der Waals surface area contributed by atoms with Gasteiger partial charge in [-0.3, -0.25) is 9.89 Å². The molecule has 0 spiro atoms. The van der Waals surface area contributed by atoms with Crippen molar-refractivity contribution in [1.29, 1.82) is 0 Å². The summed E-state index contributed by atoms with van der Waals surface area (Å²) in [4.78, 5) is 9.54. The largest absolute Gasteiger partial charge is 0.497 e. The van der Waals surface area contributed by atoms with Gasteiger partial charge in [0, 0.05) is 45.3 Å². The van der Waals surface area contributed by atoms with Gasteiger partial charge in [0.1, 0.15) is 11.5 Å². The number of hydrogen-bond donors (Lipinski definition) is 2. The zero-order valence-corrected chi connectivity index (χ0v) is 18.7. The molecular formula is C24H35N5O2. The van der Waals surface area contributed by atoms with E-state index in [0.29, 0.717) is 18.3 Å². The van der Waals surface area contributed by atoms with Gasteiger partial charge in [-0.25, -0.2) is 0 Å². The number of aliphatic imine (C=N–C) groups is 1. The number of piperazine rings is 1. The Kier molecular flexibility index (Phi) is 8.99. The molecule has 2 aromatic rings. The predicted molar refractivity (Wildman–Crippen MR) is 127 cm³/mol. The molecule has 0 unspecified atom stereocenters. The van der Waals surface area contributed by atoms with Crippen molar-refractivity contribution in [2.24, 2.45) is 10.7 Å². The predicted octanol–water partition coefficient (Wildman–Crippen LogP) is 3.03. The summed E-state index contributed by atoms with van der Waals surface area (Å²) in [5.41, 5.74) is 8.19. The number of nitrogens with two attached hydrogens (primary N) is 1. The molecule has 1 aliphatic heterocycles. The fourth-order valence-electron chi connectivity index (χ4n) is 3.75. The number of rotatable bonds is 10. The first-order valence-electron chi connectivity index (χ1n) is 11.0. The Bertz CT molecular complexity index is 820. The van der Waals surface area contributed by atoms with Crippen LogP contribution in [0.2, 0.25) is 0 Å². The number of hydrogen-bond acceptors (Lipinski definition) is 5. The van der Waals surface area contributed by atoms with Gasteiger partial charge in [0.2, 0.25) is 0 Å². The van der Waals surface area contributed by atoms with Crippen molar-refractivity contribution in [3.8, 4) is 11.5 Å². The second-order valence-electron chi connectivity index (χ2n) is 7.77. The monoisotopic (exact) mass is 425 g/mol. The average Bonchev–Trinajstić information content (AvgIpc) is 2.80. The third-order valence-corrected chi connectivity index (χ3v) is 5.55. The number of benzene rings is 2. The Morgan fingerprint density at radius 2 is 1.71 bits per heavy atom. The Hall–Kier alpha value is -2.77. The van der Waals surface area contributed by atoms with E-state index in [-0.39, 0.29) is 0 Å². The van der Waals surface area contributed by atoms with Gasteiger partial charge in [-0.1, -0.05) is 30.3 Å². The highest BCUT2D eigenvalue weighted by molar-refractivity contribution is 5.94. The summed E-state index contributed by atoms with van der Waals surface area (Å²) in [5.74, 6) is 1.83. The highest BCUT2D eigenvalue weighted by Crippen LogP contribution is 2.28. The van der Waals surface area contributed by atoms with E-state index in [1.807, 2.05) is 18.2 Å². The molecule has 1 fully saturated rings. The number of anilines is 1. The van der Waals surface area contributed by atoms with Gasteiger partial charge in [0.25, 0.3) is 0 Å². The molecule has 0 amide bonds. The topological polar surface area (TPSA) is 75.3 Å². The van der Waals surface area contributed by atoms with Crippen molar-refractivity contribution in [3.63, 3.8) is 0 Å². The van der Waals surface area contributed by atoms with Crippen LogP contribution < -0.4 is 20.5 Å². The summed E-state index contributed by atoms with van der Waals surface area (Å²) >= 11 is 0. The van der Waals surface area contributed by atoms with Gasteiger partial charge in [-0.2, -0.15) is 0 Å². The maximum absolute atomic E-state index is 6.05. The van der Waals surface area contributed by atoms with E-state index in [1.54, 1.807) is 14.2 Å². The van der Waals surface area contributed by atoms with Gasteiger partial charge in [0.15, 0.2) is 5.96 Å². The SMILES string of the molecule is COc1ccc(OC)c(NC(N)=NCCCCN2CCN(Cc3ccccc3)CC2)c1. The van der Waals surface area contributed by atoms with Crippen LogP contribution in [0.1, 0.15) is 18.4 Å². The van der Waals surface area contributed by atoms with E-state index in [4.69, 9.17) is 15.2 Å². The molecule has 7 nitrogen and oxygen atoms in total. The van der Waals surface area contributed by atoms with Crippen LogP contribution in [0.25, 0.3) is 0 Å². The highest BCUT2D eigenvalue weighted by Gasteiger charge is 2.16. The molecule has 31 heavy (non-hydrogen) atoms. The van der Waals surface area contributed by atoms with E-state index >= 15 is 0 Å². The molecule has 3 rings (SSSR count). The minimum absolute atomic E-state index is 0.390. The van der Waals surface area contributed by atoms with E-state index in [9.17, 15) is 0 Å². The lowest BCUT2D eigenvalue weighted by molar-refractivity contribution is 0.126. The zero-order chi connectivity index (χ0) is 21.9. The lowest BCUT2D eigenvalue weighted by atomic mass is 10.2. The van der Waals surface area contributed by atoms with Crippen LogP contribution in [0.4, 0.5) is 5.69 Å². The summed E-state index contributed by atoms with van der Waals surface area (Å²) in [6.07, 6.45) is 2.14. The fraction of sp³-hybridized carbons (Fsp3) is 0.458. The fourth-order valence-corrected chi connectivity index (χ4v) is 3.75. The molecular weight excluding hydrogens is 390 g/mol. The molecule has 1 heterocycles. The van der Waals surface area contributed by atoms with Gasteiger partial charge in [-0.05, 0) is 37.1 Å². The van der Waals surface area contributed by atoms with E-state index < -0.39 is 0 Å². The average molecular weight is 426 g/mol. The van der Waals surface area contributed by atoms with Crippen LogP contribution in [-0.4, -0.2) is 69.2 Å². The first kappa shape index (κ1) is 22.9. The molecule has 3 N–H and O–H groups in total. The molecule has 0 saturated carbocycles. The smallest absolute Gasteiger partial charge is 0.193 e. The molecule has 7 heteroatoms. The molecule has 2 aromatic carbocycles. The van der Waals surface area contributed by atoms with Crippen molar-refractivity contribution in [2.45, 2.75) is 19.4 Å². The number of guanidine groups is 1. The zero-order valence-electron chi connectivity index (χ0n) is 18.7. The number of nitrogens with zero attached hydrogens (tertiary/aromatic N) is 3. The molecule has 1 saturated heterocycles. The van der Waals surface area contributed by atoms with Gasteiger partial charge in [-0.15, -0.1) is 0 Å².